The number of hydrogen-bond acceptors (Lipinski definition) is 2. The molecule has 1 amide bonds. The lowest BCUT2D eigenvalue weighted by atomic mass is 10.0. The van der Waals surface area contributed by atoms with E-state index in [1.807, 2.05) is 18.2 Å². The molecule has 0 aromatic heterocycles. The fourth-order valence-corrected chi connectivity index (χ4v) is 1.21. The van der Waals surface area contributed by atoms with Gasteiger partial charge in [-0.2, -0.15) is 0 Å². The lowest BCUT2D eigenvalue weighted by Crippen LogP contribution is -2.40. The van der Waals surface area contributed by atoms with Crippen LogP contribution in [-0.2, 0) is 0 Å². The lowest BCUT2D eigenvalue weighted by molar-refractivity contribution is 0.0937. The van der Waals surface area contributed by atoms with Crippen molar-refractivity contribution in [2.45, 2.75) is 0 Å². The Morgan fingerprint density at radius 3 is 2.42 bits per heavy atom. The van der Waals surface area contributed by atoms with Crippen LogP contribution in [0.5, 0.6) is 0 Å². The van der Waals surface area contributed by atoms with Crippen LogP contribution in [0.1, 0.15) is 15.9 Å². The highest BCUT2D eigenvalue weighted by atomic mass is 16.2. The van der Waals surface area contributed by atoms with Gasteiger partial charge in [-0.1, -0.05) is 24.8 Å². The van der Waals surface area contributed by atoms with Crippen molar-refractivity contribution in [3.05, 3.63) is 42.0 Å². The molecule has 1 heterocycles. The van der Waals surface area contributed by atoms with Crippen LogP contribution in [0.15, 0.2) is 30.8 Å². The first-order valence-corrected chi connectivity index (χ1v) is 3.64. The van der Waals surface area contributed by atoms with Crippen LogP contribution in [0.4, 0.5) is 0 Å². The molecule has 0 bridgehead atoms. The van der Waals surface area contributed by atoms with E-state index < -0.39 is 0 Å². The predicted octanol–water partition coefficient (Wildman–Crippen LogP) is 0.905. The molecule has 2 rings (SSSR count). The van der Waals surface area contributed by atoms with E-state index in [1.165, 1.54) is 0 Å². The van der Waals surface area contributed by atoms with E-state index in [1.54, 1.807) is 6.07 Å². The van der Waals surface area contributed by atoms with Crippen LogP contribution in [0.2, 0.25) is 0 Å². The summed E-state index contributed by atoms with van der Waals surface area (Å²) in [4.78, 5) is 11.2. The van der Waals surface area contributed by atoms with Gasteiger partial charge in [-0.25, -0.2) is 0 Å². The number of hydrazine groups is 1. The second kappa shape index (κ2) is 2.37. The van der Waals surface area contributed by atoms with Crippen LogP contribution >= 0.6 is 0 Å². The third-order valence-electron chi connectivity index (χ3n) is 1.82. The van der Waals surface area contributed by atoms with Crippen molar-refractivity contribution >= 4 is 11.6 Å². The summed E-state index contributed by atoms with van der Waals surface area (Å²) in [5.74, 6) is -0.113. The molecule has 3 nitrogen and oxygen atoms in total. The number of amides is 1. The summed E-state index contributed by atoms with van der Waals surface area (Å²) in [6.07, 6.45) is 0. The Hall–Kier alpha value is -1.77. The second-order valence-corrected chi connectivity index (χ2v) is 2.60. The molecule has 1 aromatic rings. The number of carbonyl (C=O) groups excluding carboxylic acids is 1. The van der Waals surface area contributed by atoms with E-state index >= 15 is 0 Å². The molecule has 1 aliphatic rings. The zero-order valence-electron chi connectivity index (χ0n) is 6.42. The summed E-state index contributed by atoms with van der Waals surface area (Å²) in [7, 11) is 0. The molecule has 1 aliphatic heterocycles. The molecular formula is C9H8N2O. The molecule has 3 heteroatoms. The van der Waals surface area contributed by atoms with Gasteiger partial charge in [0.15, 0.2) is 0 Å². The highest BCUT2D eigenvalue weighted by Gasteiger charge is 2.17. The van der Waals surface area contributed by atoms with Crippen LogP contribution in [0.3, 0.4) is 0 Å². The summed E-state index contributed by atoms with van der Waals surface area (Å²) >= 11 is 0. The zero-order valence-corrected chi connectivity index (χ0v) is 6.42. The topological polar surface area (TPSA) is 41.1 Å². The Kier molecular flexibility index (Phi) is 1.37. The Morgan fingerprint density at radius 1 is 1.08 bits per heavy atom. The molecule has 0 unspecified atom stereocenters. The molecule has 0 spiro atoms. The largest absolute Gasteiger partial charge is 0.298 e. The Labute approximate surface area is 70.1 Å². The van der Waals surface area contributed by atoms with E-state index in [-0.39, 0.29) is 5.91 Å². The maximum absolute atomic E-state index is 11.2. The van der Waals surface area contributed by atoms with Crippen molar-refractivity contribution in [2.24, 2.45) is 0 Å². The van der Waals surface area contributed by atoms with Crippen LogP contribution in [0, 0.1) is 0 Å². The minimum atomic E-state index is -0.113. The van der Waals surface area contributed by atoms with Crippen molar-refractivity contribution < 1.29 is 4.79 Å². The highest BCUT2D eigenvalue weighted by Crippen LogP contribution is 2.17. The summed E-state index contributed by atoms with van der Waals surface area (Å²) in [5, 5.41) is 0. The smallest absolute Gasteiger partial charge is 0.270 e. The van der Waals surface area contributed by atoms with Gasteiger partial charge in [0.25, 0.3) is 5.91 Å². The van der Waals surface area contributed by atoms with Crippen LogP contribution < -0.4 is 10.9 Å². The third-order valence-corrected chi connectivity index (χ3v) is 1.82. The van der Waals surface area contributed by atoms with Crippen molar-refractivity contribution in [3.63, 3.8) is 0 Å². The number of rotatable bonds is 0. The van der Waals surface area contributed by atoms with Gasteiger partial charge >= 0.3 is 0 Å². The molecule has 0 fully saturated rings. The molecule has 1 aromatic carbocycles. The minimum Gasteiger partial charge on any atom is -0.298 e. The first-order valence-electron chi connectivity index (χ1n) is 3.64. The van der Waals surface area contributed by atoms with Crippen LogP contribution in [0.25, 0.3) is 5.70 Å². The first-order chi connectivity index (χ1) is 5.79. The zero-order chi connectivity index (χ0) is 8.55. The van der Waals surface area contributed by atoms with Crippen molar-refractivity contribution in [2.75, 3.05) is 0 Å². The monoisotopic (exact) mass is 160 g/mol. The van der Waals surface area contributed by atoms with Gasteiger partial charge in [-0.3, -0.25) is 15.6 Å². The quantitative estimate of drug-likeness (QED) is 0.592. The average molecular weight is 160 g/mol. The van der Waals surface area contributed by atoms with Gasteiger partial charge in [0, 0.05) is 5.56 Å². The fourth-order valence-electron chi connectivity index (χ4n) is 1.21. The number of fused-ring (bicyclic) bond motifs is 1. The molecule has 12 heavy (non-hydrogen) atoms. The van der Waals surface area contributed by atoms with Gasteiger partial charge in [-0.05, 0) is 6.07 Å². The molecule has 2 N–H and O–H groups in total. The fraction of sp³-hybridized carbons (Fsp3) is 0. The highest BCUT2D eigenvalue weighted by molar-refractivity contribution is 6.01. The van der Waals surface area contributed by atoms with E-state index in [4.69, 9.17) is 0 Å². The van der Waals surface area contributed by atoms with Gasteiger partial charge in [0.1, 0.15) is 0 Å². The molecule has 0 radical (unpaired) electrons. The van der Waals surface area contributed by atoms with E-state index in [0.717, 1.165) is 11.3 Å². The van der Waals surface area contributed by atoms with Crippen molar-refractivity contribution in [1.82, 2.24) is 10.9 Å². The average Bonchev–Trinajstić information content (AvgIpc) is 2.12. The summed E-state index contributed by atoms with van der Waals surface area (Å²) in [6.45, 7) is 3.76. The van der Waals surface area contributed by atoms with E-state index in [2.05, 4.69) is 17.4 Å². The number of hydrogen-bond donors (Lipinski definition) is 2. The Morgan fingerprint density at radius 2 is 1.75 bits per heavy atom. The van der Waals surface area contributed by atoms with E-state index in [9.17, 15) is 4.79 Å². The summed E-state index contributed by atoms with van der Waals surface area (Å²) < 4.78 is 0. The normalized spacial score (nSPS) is 14.7. The Bertz CT molecular complexity index is 322. The molecule has 0 saturated carbocycles. The van der Waals surface area contributed by atoms with Gasteiger partial charge in [-0.15, -0.1) is 0 Å². The maximum Gasteiger partial charge on any atom is 0.270 e. The van der Waals surface area contributed by atoms with E-state index in [0.29, 0.717) is 5.56 Å². The minimum absolute atomic E-state index is 0.113. The van der Waals surface area contributed by atoms with Gasteiger partial charge in [0.05, 0.1) is 11.3 Å². The van der Waals surface area contributed by atoms with Crippen molar-refractivity contribution in [1.29, 1.82) is 0 Å². The number of carbonyl (C=O) groups is 1. The van der Waals surface area contributed by atoms with Crippen LogP contribution in [-0.4, -0.2) is 5.91 Å². The van der Waals surface area contributed by atoms with Gasteiger partial charge in [0.2, 0.25) is 0 Å². The molecule has 60 valence electrons. The summed E-state index contributed by atoms with van der Waals surface area (Å²) in [5.41, 5.74) is 7.45. The standard InChI is InChI=1S/C9H8N2O/c1-6-7-4-2-3-5-8(7)9(12)11-10-6/h2-5,10H,1H2,(H,11,12). The molecule has 0 aliphatic carbocycles. The first kappa shape index (κ1) is 6.91. The predicted molar refractivity (Wildman–Crippen MR) is 46.1 cm³/mol. The molecular weight excluding hydrogens is 152 g/mol. The Balaban J connectivity index is 2.62. The molecule has 0 atom stereocenters. The SMILES string of the molecule is C=C1NNC(=O)c2ccccc21. The number of nitrogens with one attached hydrogen (secondary N) is 2. The maximum atomic E-state index is 11.2. The molecule has 0 saturated heterocycles. The third kappa shape index (κ3) is 0.871. The van der Waals surface area contributed by atoms with Gasteiger partial charge < -0.3 is 0 Å². The lowest BCUT2D eigenvalue weighted by Gasteiger charge is -2.19. The number of benzene rings is 1. The summed E-state index contributed by atoms with van der Waals surface area (Å²) in [6, 6.07) is 7.35. The second-order valence-electron chi connectivity index (χ2n) is 2.60. The van der Waals surface area contributed by atoms with Crippen molar-refractivity contribution in [3.8, 4) is 0 Å².